The number of carbonyl (C=O) groups excluding carboxylic acids is 2. The third-order valence-electron chi connectivity index (χ3n) is 3.50. The standard InChI is InChI=1S/C19H22O4/c1-13(2)12-15(11-10-14-8-6-5-7-9-14)16-17(20)22-19(3,4)23-18(16)21/h5-9,13,15-16H,12H2,1-4H3. The molecule has 0 aliphatic carbocycles. The van der Waals surface area contributed by atoms with Crippen LogP contribution in [0, 0.1) is 29.6 Å². The third-order valence-corrected chi connectivity index (χ3v) is 3.50. The summed E-state index contributed by atoms with van der Waals surface area (Å²) in [6, 6.07) is 9.48. The van der Waals surface area contributed by atoms with E-state index in [4.69, 9.17) is 9.47 Å². The van der Waals surface area contributed by atoms with Gasteiger partial charge in [0.1, 0.15) is 0 Å². The Balaban J connectivity index is 2.27. The summed E-state index contributed by atoms with van der Waals surface area (Å²) in [6.07, 6.45) is 0.620. The van der Waals surface area contributed by atoms with E-state index in [1.54, 1.807) is 13.8 Å². The number of hydrogen-bond donors (Lipinski definition) is 0. The van der Waals surface area contributed by atoms with Crippen molar-refractivity contribution in [3.63, 3.8) is 0 Å². The number of cyclic esters (lactones) is 2. The maximum Gasteiger partial charge on any atom is 0.324 e. The fraction of sp³-hybridized carbons (Fsp3) is 0.474. The molecule has 0 spiro atoms. The molecule has 0 bridgehead atoms. The summed E-state index contributed by atoms with van der Waals surface area (Å²) in [5.74, 6) is 2.68. The molecule has 1 aromatic carbocycles. The summed E-state index contributed by atoms with van der Waals surface area (Å²) in [6.45, 7) is 7.15. The minimum absolute atomic E-state index is 0.292. The second-order valence-electron chi connectivity index (χ2n) is 6.59. The molecule has 4 nitrogen and oxygen atoms in total. The van der Waals surface area contributed by atoms with E-state index in [1.165, 1.54) is 0 Å². The highest BCUT2D eigenvalue weighted by Crippen LogP contribution is 2.30. The van der Waals surface area contributed by atoms with Gasteiger partial charge in [0.05, 0.1) is 0 Å². The summed E-state index contributed by atoms with van der Waals surface area (Å²) in [7, 11) is 0. The van der Waals surface area contributed by atoms with Gasteiger partial charge in [-0.2, -0.15) is 0 Å². The Morgan fingerprint density at radius 3 is 2.17 bits per heavy atom. The van der Waals surface area contributed by atoms with Crippen LogP contribution in [0.2, 0.25) is 0 Å². The zero-order valence-electron chi connectivity index (χ0n) is 14.0. The number of esters is 2. The number of hydrogen-bond acceptors (Lipinski definition) is 4. The van der Waals surface area contributed by atoms with Crippen LogP contribution >= 0.6 is 0 Å². The van der Waals surface area contributed by atoms with Gasteiger partial charge in [0, 0.05) is 25.3 Å². The minimum Gasteiger partial charge on any atom is -0.422 e. The second-order valence-corrected chi connectivity index (χ2v) is 6.59. The van der Waals surface area contributed by atoms with Crippen LogP contribution < -0.4 is 0 Å². The highest BCUT2D eigenvalue weighted by Gasteiger charge is 2.46. The van der Waals surface area contributed by atoms with Crippen molar-refractivity contribution in [2.75, 3.05) is 0 Å². The fourth-order valence-electron chi connectivity index (χ4n) is 2.54. The quantitative estimate of drug-likeness (QED) is 0.488. The van der Waals surface area contributed by atoms with E-state index in [-0.39, 0.29) is 0 Å². The summed E-state index contributed by atoms with van der Waals surface area (Å²) < 4.78 is 10.4. The number of rotatable bonds is 3. The van der Waals surface area contributed by atoms with Crippen LogP contribution in [0.15, 0.2) is 30.3 Å². The fourth-order valence-corrected chi connectivity index (χ4v) is 2.54. The molecule has 1 atom stereocenters. The molecule has 0 saturated carbocycles. The lowest BCUT2D eigenvalue weighted by Gasteiger charge is -2.34. The molecule has 4 heteroatoms. The Labute approximate surface area is 137 Å². The molecule has 0 amide bonds. The molecule has 23 heavy (non-hydrogen) atoms. The zero-order valence-corrected chi connectivity index (χ0v) is 14.0. The topological polar surface area (TPSA) is 52.6 Å². The van der Waals surface area contributed by atoms with Crippen molar-refractivity contribution in [2.24, 2.45) is 17.8 Å². The van der Waals surface area contributed by atoms with Crippen molar-refractivity contribution in [3.8, 4) is 11.8 Å². The predicted octanol–water partition coefficient (Wildman–Crippen LogP) is 3.15. The molecule has 2 rings (SSSR count). The van der Waals surface area contributed by atoms with Gasteiger partial charge >= 0.3 is 11.9 Å². The van der Waals surface area contributed by atoms with E-state index in [9.17, 15) is 9.59 Å². The Kier molecular flexibility index (Phi) is 5.10. The maximum absolute atomic E-state index is 12.3. The van der Waals surface area contributed by atoms with Crippen molar-refractivity contribution in [3.05, 3.63) is 35.9 Å². The Hall–Kier alpha value is -2.28. The van der Waals surface area contributed by atoms with Crippen LogP contribution in [-0.4, -0.2) is 17.7 Å². The molecule has 0 N–H and O–H groups in total. The SMILES string of the molecule is CC(C)CC(C#Cc1ccccc1)C1C(=O)OC(C)(C)OC1=O. The highest BCUT2D eigenvalue weighted by atomic mass is 16.7. The summed E-state index contributed by atoms with van der Waals surface area (Å²) >= 11 is 0. The van der Waals surface area contributed by atoms with Crippen LogP contribution in [0.5, 0.6) is 0 Å². The first-order valence-corrected chi connectivity index (χ1v) is 7.81. The van der Waals surface area contributed by atoms with E-state index in [0.717, 1.165) is 5.56 Å². The Bertz CT molecular complexity index is 614. The van der Waals surface area contributed by atoms with Crippen molar-refractivity contribution in [1.29, 1.82) is 0 Å². The molecule has 1 fully saturated rings. The molecule has 1 aromatic rings. The predicted molar refractivity (Wildman–Crippen MR) is 86.0 cm³/mol. The second kappa shape index (κ2) is 6.87. The van der Waals surface area contributed by atoms with E-state index in [1.807, 2.05) is 44.2 Å². The van der Waals surface area contributed by atoms with Crippen molar-refractivity contribution < 1.29 is 19.1 Å². The van der Waals surface area contributed by atoms with Gasteiger partial charge in [0.2, 0.25) is 0 Å². The molecule has 1 unspecified atom stereocenters. The molecule has 1 saturated heterocycles. The van der Waals surface area contributed by atoms with E-state index < -0.39 is 29.6 Å². The lowest BCUT2D eigenvalue weighted by molar-refractivity contribution is -0.241. The van der Waals surface area contributed by atoms with Crippen LogP contribution in [0.3, 0.4) is 0 Å². The Morgan fingerprint density at radius 1 is 1.09 bits per heavy atom. The van der Waals surface area contributed by atoms with Gasteiger partial charge in [-0.15, -0.1) is 0 Å². The van der Waals surface area contributed by atoms with Crippen LogP contribution in [0.1, 0.15) is 39.7 Å². The van der Waals surface area contributed by atoms with Gasteiger partial charge in [0.15, 0.2) is 5.92 Å². The van der Waals surface area contributed by atoms with E-state index in [0.29, 0.717) is 12.3 Å². The van der Waals surface area contributed by atoms with Crippen molar-refractivity contribution in [2.45, 2.75) is 39.9 Å². The van der Waals surface area contributed by atoms with Gasteiger partial charge in [-0.3, -0.25) is 9.59 Å². The monoisotopic (exact) mass is 314 g/mol. The molecule has 0 radical (unpaired) electrons. The molecule has 1 aliphatic rings. The van der Waals surface area contributed by atoms with Gasteiger partial charge in [-0.05, 0) is 24.5 Å². The average Bonchev–Trinajstić information content (AvgIpc) is 2.43. The van der Waals surface area contributed by atoms with Gasteiger partial charge in [0.25, 0.3) is 5.79 Å². The number of benzene rings is 1. The normalized spacial score (nSPS) is 18.7. The summed E-state index contributed by atoms with van der Waals surface area (Å²) in [4.78, 5) is 24.5. The lowest BCUT2D eigenvalue weighted by Crippen LogP contribution is -2.48. The van der Waals surface area contributed by atoms with Crippen LogP contribution in [-0.2, 0) is 19.1 Å². The first kappa shape index (κ1) is 17.1. The molecule has 122 valence electrons. The van der Waals surface area contributed by atoms with Crippen molar-refractivity contribution in [1.82, 2.24) is 0 Å². The van der Waals surface area contributed by atoms with Gasteiger partial charge in [-0.1, -0.05) is 43.9 Å². The Morgan fingerprint density at radius 2 is 1.65 bits per heavy atom. The summed E-state index contributed by atoms with van der Waals surface area (Å²) in [5.41, 5.74) is 0.846. The molecule has 1 aliphatic heterocycles. The first-order chi connectivity index (χ1) is 10.8. The van der Waals surface area contributed by atoms with E-state index in [2.05, 4.69) is 11.8 Å². The zero-order chi connectivity index (χ0) is 17.0. The molecule has 0 aromatic heterocycles. The highest BCUT2D eigenvalue weighted by molar-refractivity contribution is 5.97. The minimum atomic E-state index is -1.21. The van der Waals surface area contributed by atoms with Crippen molar-refractivity contribution >= 4 is 11.9 Å². The first-order valence-electron chi connectivity index (χ1n) is 7.81. The van der Waals surface area contributed by atoms with E-state index >= 15 is 0 Å². The van der Waals surface area contributed by atoms with Crippen LogP contribution in [0.25, 0.3) is 0 Å². The smallest absolute Gasteiger partial charge is 0.324 e. The molecular formula is C19H22O4. The third kappa shape index (κ3) is 4.59. The number of carbonyl (C=O) groups is 2. The van der Waals surface area contributed by atoms with Gasteiger partial charge < -0.3 is 9.47 Å². The maximum atomic E-state index is 12.3. The summed E-state index contributed by atoms with van der Waals surface area (Å²) in [5, 5.41) is 0. The number of ether oxygens (including phenoxy) is 2. The largest absolute Gasteiger partial charge is 0.422 e. The molecule has 1 heterocycles. The van der Waals surface area contributed by atoms with Crippen LogP contribution in [0.4, 0.5) is 0 Å². The lowest BCUT2D eigenvalue weighted by atomic mass is 9.85. The molecular weight excluding hydrogens is 292 g/mol. The van der Waals surface area contributed by atoms with Gasteiger partial charge in [-0.25, -0.2) is 0 Å². The average molecular weight is 314 g/mol.